The van der Waals surface area contributed by atoms with Gasteiger partial charge in [0.2, 0.25) is 0 Å². The number of carboxylic acid groups (broad SMARTS) is 1. The van der Waals surface area contributed by atoms with Crippen LogP contribution in [0.1, 0.15) is 23.8 Å². The number of carboxylic acids is 1. The molecule has 4 aromatic rings. The van der Waals surface area contributed by atoms with Crippen molar-refractivity contribution in [1.29, 1.82) is 0 Å². The van der Waals surface area contributed by atoms with Gasteiger partial charge in [-0.1, -0.05) is 84.9 Å². The first kappa shape index (κ1) is 28.3. The van der Waals surface area contributed by atoms with Crippen LogP contribution in [-0.2, 0) is 4.79 Å². The first-order valence-corrected chi connectivity index (χ1v) is 13.3. The van der Waals surface area contributed by atoms with Crippen molar-refractivity contribution in [3.63, 3.8) is 0 Å². The molecule has 0 radical (unpaired) electrons. The summed E-state index contributed by atoms with van der Waals surface area (Å²) in [5.74, 6) is -0.759. The normalized spacial score (nSPS) is 11.3. The average Bonchev–Trinajstić information content (AvgIpc) is 2.91. The zero-order valence-electron chi connectivity index (χ0n) is 22.4. The van der Waals surface area contributed by atoms with Crippen LogP contribution in [0.2, 0.25) is 0 Å². The maximum absolute atomic E-state index is 13.4. The number of carbonyl (C=O) groups is 2. The standard InChI is InChI=1S/C31H29NO3S.Li.H/c1-21-10-6-7-13-24(21)28-20-23(26-15-9-8-14-25(26)22-11-4-3-5-12-22)16-17-27(28)30(33)32-29(31(34)35)18-19-36-2;;/h3-17,20,29H,18-19H2,1-2H3,(H,32,33)(H,34,35);;/q;+1;-1. The monoisotopic (exact) mass is 503 g/mol. The third-order valence-electron chi connectivity index (χ3n) is 6.24. The van der Waals surface area contributed by atoms with Crippen molar-refractivity contribution >= 4 is 23.6 Å². The fourth-order valence-electron chi connectivity index (χ4n) is 4.34. The van der Waals surface area contributed by atoms with Crippen molar-refractivity contribution in [2.24, 2.45) is 0 Å². The molecule has 0 heterocycles. The van der Waals surface area contributed by atoms with Crippen molar-refractivity contribution in [2.75, 3.05) is 12.0 Å². The Morgan fingerprint density at radius 1 is 0.811 bits per heavy atom. The number of hydrogen-bond donors (Lipinski definition) is 2. The molecule has 184 valence electrons. The van der Waals surface area contributed by atoms with Gasteiger partial charge in [-0.05, 0) is 76.4 Å². The molecule has 0 bridgehead atoms. The van der Waals surface area contributed by atoms with Crippen molar-refractivity contribution in [2.45, 2.75) is 19.4 Å². The molecule has 4 aromatic carbocycles. The number of aliphatic carboxylic acids is 1. The second kappa shape index (κ2) is 13.4. The van der Waals surface area contributed by atoms with Gasteiger partial charge in [0.1, 0.15) is 6.04 Å². The molecule has 0 fully saturated rings. The molecule has 4 rings (SSSR count). The zero-order chi connectivity index (χ0) is 25.5. The van der Waals surface area contributed by atoms with E-state index in [1.807, 2.05) is 86.0 Å². The number of aryl methyl sites for hydroxylation is 1. The molecule has 0 saturated heterocycles. The first-order valence-electron chi connectivity index (χ1n) is 11.9. The van der Waals surface area contributed by atoms with Gasteiger partial charge in [-0.15, -0.1) is 0 Å². The number of rotatable bonds is 9. The van der Waals surface area contributed by atoms with Gasteiger partial charge >= 0.3 is 24.8 Å². The van der Waals surface area contributed by atoms with Crippen LogP contribution in [0.3, 0.4) is 0 Å². The maximum atomic E-state index is 13.4. The number of amides is 1. The van der Waals surface area contributed by atoms with Gasteiger partial charge in [0.05, 0.1) is 0 Å². The Labute approximate surface area is 236 Å². The summed E-state index contributed by atoms with van der Waals surface area (Å²) in [5.41, 5.74) is 7.49. The molecule has 1 atom stereocenters. The Balaban J connectivity index is 0.00000253. The molecule has 1 unspecified atom stereocenters. The van der Waals surface area contributed by atoms with Crippen molar-refractivity contribution in [1.82, 2.24) is 5.32 Å². The van der Waals surface area contributed by atoms with Gasteiger partial charge < -0.3 is 11.8 Å². The predicted molar refractivity (Wildman–Crippen MR) is 150 cm³/mol. The van der Waals surface area contributed by atoms with E-state index in [4.69, 9.17) is 0 Å². The summed E-state index contributed by atoms with van der Waals surface area (Å²) in [7, 11) is 0. The van der Waals surface area contributed by atoms with Gasteiger partial charge in [0, 0.05) is 5.56 Å². The molecule has 0 aliphatic rings. The van der Waals surface area contributed by atoms with Crippen LogP contribution in [0, 0.1) is 6.92 Å². The van der Waals surface area contributed by atoms with E-state index >= 15 is 0 Å². The molecular formula is C31H30LiNO3S. The minimum absolute atomic E-state index is 0. The van der Waals surface area contributed by atoms with Gasteiger partial charge in [-0.3, -0.25) is 4.79 Å². The Hall–Kier alpha value is -3.23. The number of hydrogen-bond acceptors (Lipinski definition) is 3. The SMILES string of the molecule is CSCCC(NC(=O)c1ccc(-c2ccccc2-c2ccccc2)cc1-c1ccccc1C)C(=O)O.[H-].[Li+]. The summed E-state index contributed by atoms with van der Waals surface area (Å²) in [5, 5.41) is 12.4. The smallest absolute Gasteiger partial charge is 1.00 e. The van der Waals surface area contributed by atoms with Crippen LogP contribution in [0.5, 0.6) is 0 Å². The fourth-order valence-corrected chi connectivity index (χ4v) is 4.81. The van der Waals surface area contributed by atoms with Crippen LogP contribution >= 0.6 is 11.8 Å². The second-order valence-electron chi connectivity index (χ2n) is 8.63. The van der Waals surface area contributed by atoms with Gasteiger partial charge in [0.15, 0.2) is 0 Å². The number of nitrogens with one attached hydrogen (secondary N) is 1. The number of carbonyl (C=O) groups excluding carboxylic acids is 1. The van der Waals surface area contributed by atoms with E-state index in [2.05, 4.69) is 29.6 Å². The average molecular weight is 504 g/mol. The first-order chi connectivity index (χ1) is 17.5. The predicted octanol–water partition coefficient (Wildman–Crippen LogP) is 4.05. The largest absolute Gasteiger partial charge is 1.00 e. The molecule has 0 saturated carbocycles. The zero-order valence-corrected chi connectivity index (χ0v) is 22.2. The Bertz CT molecular complexity index is 1380. The number of thioether (sulfide) groups is 1. The molecule has 2 N–H and O–H groups in total. The molecule has 1 amide bonds. The second-order valence-corrected chi connectivity index (χ2v) is 9.62. The van der Waals surface area contributed by atoms with Crippen LogP contribution in [0.15, 0.2) is 97.1 Å². The Kier molecular flexibility index (Phi) is 10.2. The van der Waals surface area contributed by atoms with Crippen molar-refractivity contribution in [3.8, 4) is 33.4 Å². The summed E-state index contributed by atoms with van der Waals surface area (Å²) in [6.45, 7) is 2.01. The van der Waals surface area contributed by atoms with Crippen LogP contribution in [-0.4, -0.2) is 35.0 Å². The van der Waals surface area contributed by atoms with E-state index < -0.39 is 12.0 Å². The molecule has 0 aromatic heterocycles. The van der Waals surface area contributed by atoms with E-state index in [1.165, 1.54) is 0 Å². The van der Waals surface area contributed by atoms with E-state index in [-0.39, 0.29) is 26.2 Å². The van der Waals surface area contributed by atoms with Crippen molar-refractivity contribution < 1.29 is 35.0 Å². The van der Waals surface area contributed by atoms with Crippen LogP contribution in [0.4, 0.5) is 0 Å². The van der Waals surface area contributed by atoms with Crippen LogP contribution < -0.4 is 24.2 Å². The van der Waals surface area contributed by atoms with E-state index in [0.717, 1.165) is 38.9 Å². The summed E-state index contributed by atoms with van der Waals surface area (Å²) in [6.07, 6.45) is 2.29. The van der Waals surface area contributed by atoms with Crippen LogP contribution in [0.25, 0.3) is 33.4 Å². The molecule has 6 heteroatoms. The molecule has 0 aliphatic carbocycles. The van der Waals surface area contributed by atoms with E-state index in [0.29, 0.717) is 17.7 Å². The summed E-state index contributed by atoms with van der Waals surface area (Å²) >= 11 is 1.56. The molecule has 0 aliphatic heterocycles. The summed E-state index contributed by atoms with van der Waals surface area (Å²) < 4.78 is 0. The minimum Gasteiger partial charge on any atom is -1.00 e. The molecule has 37 heavy (non-hydrogen) atoms. The Morgan fingerprint density at radius 3 is 2.03 bits per heavy atom. The topological polar surface area (TPSA) is 66.4 Å². The summed E-state index contributed by atoms with van der Waals surface area (Å²) in [6, 6.07) is 31.2. The fraction of sp³-hybridized carbons (Fsp3) is 0.161. The van der Waals surface area contributed by atoms with E-state index in [1.54, 1.807) is 11.8 Å². The maximum Gasteiger partial charge on any atom is 1.00 e. The quantitative estimate of drug-likeness (QED) is 0.338. The Morgan fingerprint density at radius 2 is 1.41 bits per heavy atom. The molecule has 0 spiro atoms. The third kappa shape index (κ3) is 6.75. The van der Waals surface area contributed by atoms with Gasteiger partial charge in [0.25, 0.3) is 5.91 Å². The molecular weight excluding hydrogens is 473 g/mol. The van der Waals surface area contributed by atoms with Crippen molar-refractivity contribution in [3.05, 3.63) is 108 Å². The van der Waals surface area contributed by atoms with E-state index in [9.17, 15) is 14.7 Å². The molecule has 4 nitrogen and oxygen atoms in total. The van der Waals surface area contributed by atoms with Gasteiger partial charge in [-0.2, -0.15) is 11.8 Å². The number of benzene rings is 4. The van der Waals surface area contributed by atoms with Gasteiger partial charge in [-0.25, -0.2) is 4.79 Å². The minimum atomic E-state index is -1.02. The summed E-state index contributed by atoms with van der Waals surface area (Å²) in [4.78, 5) is 25.2. The third-order valence-corrected chi connectivity index (χ3v) is 6.88.